The number of nitrogens with two attached hydrogens (primary N) is 2. The normalized spacial score (nSPS) is 10.0. The summed E-state index contributed by atoms with van der Waals surface area (Å²) in [6, 6.07) is 12.2. The Labute approximate surface area is 172 Å². The van der Waals surface area contributed by atoms with E-state index < -0.39 is 17.6 Å². The number of rotatable bonds is 9. The molecule has 0 aliphatic heterocycles. The fraction of sp³-hybridized carbons (Fsp3) is 0.263. The van der Waals surface area contributed by atoms with Crippen LogP contribution in [0.15, 0.2) is 52.4 Å². The highest BCUT2D eigenvalue weighted by Crippen LogP contribution is 2.06. The molecule has 0 aliphatic rings. The van der Waals surface area contributed by atoms with Gasteiger partial charge in [-0.2, -0.15) is 0 Å². The van der Waals surface area contributed by atoms with E-state index in [1.54, 1.807) is 13.0 Å². The van der Waals surface area contributed by atoms with Crippen LogP contribution in [0.1, 0.15) is 11.3 Å². The van der Waals surface area contributed by atoms with Crippen molar-refractivity contribution in [3.05, 3.63) is 64.1 Å². The third kappa shape index (κ3) is 7.19. The molecule has 6 N–H and O–H groups in total. The summed E-state index contributed by atoms with van der Waals surface area (Å²) in [6.07, 6.45) is -0.771. The van der Waals surface area contributed by atoms with Crippen LogP contribution >= 0.6 is 0 Å². The van der Waals surface area contributed by atoms with Crippen LogP contribution in [-0.4, -0.2) is 35.7 Å². The van der Waals surface area contributed by atoms with Gasteiger partial charge in [0.15, 0.2) is 0 Å². The number of aryl methyl sites for hydroxylation is 1. The highest BCUT2D eigenvalue weighted by atomic mass is 16.6. The van der Waals surface area contributed by atoms with Crippen molar-refractivity contribution in [2.75, 3.05) is 18.5 Å². The molecular formula is C19H24N6O5. The van der Waals surface area contributed by atoms with Crippen molar-refractivity contribution in [1.82, 2.24) is 9.88 Å². The monoisotopic (exact) mass is 416 g/mol. The Bertz CT molecular complexity index is 954. The van der Waals surface area contributed by atoms with Gasteiger partial charge in [-0.3, -0.25) is 14.9 Å². The predicted molar refractivity (Wildman–Crippen MR) is 110 cm³/mol. The molecule has 1 aromatic heterocycles. The summed E-state index contributed by atoms with van der Waals surface area (Å²) in [5, 5.41) is 8.30. The van der Waals surface area contributed by atoms with Gasteiger partial charge in [-0.1, -0.05) is 30.3 Å². The highest BCUT2D eigenvalue weighted by molar-refractivity contribution is 5.84. The summed E-state index contributed by atoms with van der Waals surface area (Å²) in [6.45, 7) is 1.71. The van der Waals surface area contributed by atoms with Crippen molar-refractivity contribution in [2.45, 2.75) is 20.1 Å². The number of hydrogen-bond acceptors (Lipinski definition) is 6. The molecule has 0 saturated carbocycles. The van der Waals surface area contributed by atoms with Crippen LogP contribution < -0.4 is 27.7 Å². The number of oxime groups is 1. The number of anilines is 1. The van der Waals surface area contributed by atoms with E-state index in [4.69, 9.17) is 21.0 Å². The van der Waals surface area contributed by atoms with E-state index in [-0.39, 0.29) is 38.0 Å². The minimum atomic E-state index is -0.771. The molecule has 2 rings (SSSR count). The number of carbonyl (C=O) groups is 2. The van der Waals surface area contributed by atoms with E-state index in [9.17, 15) is 14.4 Å². The molecule has 11 nitrogen and oxygen atoms in total. The third-order valence-corrected chi connectivity index (χ3v) is 3.83. The first-order chi connectivity index (χ1) is 14.4. The van der Waals surface area contributed by atoms with Crippen molar-refractivity contribution in [3.63, 3.8) is 0 Å². The lowest BCUT2D eigenvalue weighted by Gasteiger charge is -2.13. The molecule has 0 aliphatic carbocycles. The molecule has 0 bridgehead atoms. The van der Waals surface area contributed by atoms with Gasteiger partial charge in [-0.15, -0.1) is 0 Å². The largest absolute Gasteiger partial charge is 0.444 e. The number of nitrogens with zero attached hydrogens (tertiary/aromatic N) is 2. The fourth-order valence-corrected chi connectivity index (χ4v) is 2.39. The van der Waals surface area contributed by atoms with Gasteiger partial charge >= 0.3 is 6.09 Å². The summed E-state index contributed by atoms with van der Waals surface area (Å²) in [7, 11) is 0. The molecule has 0 unspecified atom stereocenters. The van der Waals surface area contributed by atoms with Crippen LogP contribution in [0, 0.1) is 6.92 Å². The lowest BCUT2D eigenvalue weighted by Crippen LogP contribution is -2.36. The smallest absolute Gasteiger partial charge is 0.412 e. The molecule has 0 radical (unpaired) electrons. The van der Waals surface area contributed by atoms with Crippen molar-refractivity contribution in [3.8, 4) is 0 Å². The summed E-state index contributed by atoms with van der Waals surface area (Å²) < 4.78 is 6.35. The molecule has 160 valence electrons. The molecule has 0 fully saturated rings. The molecule has 2 amide bonds. The molecule has 0 spiro atoms. The summed E-state index contributed by atoms with van der Waals surface area (Å²) in [4.78, 5) is 41.5. The summed E-state index contributed by atoms with van der Waals surface area (Å²) in [5.41, 5.74) is 11.0. The maximum Gasteiger partial charge on any atom is 0.412 e. The second-order valence-corrected chi connectivity index (χ2v) is 6.17. The molecule has 0 saturated heterocycles. The quantitative estimate of drug-likeness (QED) is 0.197. The average molecular weight is 416 g/mol. The van der Waals surface area contributed by atoms with E-state index in [2.05, 4.69) is 15.8 Å². The van der Waals surface area contributed by atoms with Gasteiger partial charge in [-0.05, 0) is 29.8 Å². The topological polar surface area (TPSA) is 163 Å². The van der Waals surface area contributed by atoms with Crippen LogP contribution in [0.25, 0.3) is 0 Å². The molecule has 11 heteroatoms. The first-order valence-corrected chi connectivity index (χ1v) is 9.02. The van der Waals surface area contributed by atoms with Crippen molar-refractivity contribution in [1.29, 1.82) is 0 Å². The first kappa shape index (κ1) is 22.3. The summed E-state index contributed by atoms with van der Waals surface area (Å²) in [5.74, 6) is -0.646. The van der Waals surface area contributed by atoms with Crippen LogP contribution in [0.2, 0.25) is 0 Å². The van der Waals surface area contributed by atoms with Crippen LogP contribution in [0.4, 0.5) is 10.5 Å². The Kier molecular flexibility index (Phi) is 8.24. The summed E-state index contributed by atoms with van der Waals surface area (Å²) >= 11 is 0. The highest BCUT2D eigenvalue weighted by Gasteiger charge is 2.13. The molecule has 1 aromatic carbocycles. The minimum absolute atomic E-state index is 0.00236. The van der Waals surface area contributed by atoms with E-state index in [1.807, 2.05) is 30.3 Å². The zero-order valence-electron chi connectivity index (χ0n) is 16.5. The van der Waals surface area contributed by atoms with Crippen LogP contribution in [0.3, 0.4) is 0 Å². The first-order valence-electron chi connectivity index (χ1n) is 9.02. The van der Waals surface area contributed by atoms with Gasteiger partial charge in [-0.25, -0.2) is 4.79 Å². The van der Waals surface area contributed by atoms with Gasteiger partial charge < -0.3 is 30.9 Å². The van der Waals surface area contributed by atoms with Gasteiger partial charge in [0.05, 0.1) is 6.54 Å². The number of amides is 2. The second-order valence-electron chi connectivity index (χ2n) is 6.17. The standard InChI is InChI=1S/C19H24N6O5/c1-13-7-8-15(23-19(28)29-12-14-5-3-2-4-6-14)17(27)25(13)11-16(26)22-9-10-30-24-18(20)21/h2-8H,9-12H2,1H3,(H,22,26)(H,23,28)(H4,20,21,24). The number of pyridine rings is 1. The second kappa shape index (κ2) is 11.1. The Balaban J connectivity index is 1.92. The number of ether oxygens (including phenoxy) is 1. The minimum Gasteiger partial charge on any atom is -0.444 e. The number of guanidine groups is 1. The maximum absolute atomic E-state index is 12.6. The zero-order chi connectivity index (χ0) is 21.9. The maximum atomic E-state index is 12.6. The van der Waals surface area contributed by atoms with E-state index in [1.165, 1.54) is 10.6 Å². The Morgan fingerprint density at radius 3 is 2.57 bits per heavy atom. The number of nitrogens with one attached hydrogen (secondary N) is 2. The van der Waals surface area contributed by atoms with Crippen LogP contribution in [0.5, 0.6) is 0 Å². The molecular weight excluding hydrogens is 392 g/mol. The van der Waals surface area contributed by atoms with Crippen molar-refractivity contribution >= 4 is 23.6 Å². The molecule has 30 heavy (non-hydrogen) atoms. The molecule has 2 aromatic rings. The lowest BCUT2D eigenvalue weighted by molar-refractivity contribution is -0.122. The fourth-order valence-electron chi connectivity index (χ4n) is 2.39. The zero-order valence-corrected chi connectivity index (χ0v) is 16.5. The van der Waals surface area contributed by atoms with E-state index in [0.717, 1.165) is 5.56 Å². The number of aromatic nitrogens is 1. The predicted octanol–water partition coefficient (Wildman–Crippen LogP) is 0.227. The van der Waals surface area contributed by atoms with Gasteiger partial charge in [0, 0.05) is 5.69 Å². The third-order valence-electron chi connectivity index (χ3n) is 3.83. The number of benzene rings is 1. The van der Waals surface area contributed by atoms with E-state index >= 15 is 0 Å². The SMILES string of the molecule is Cc1ccc(NC(=O)OCc2ccccc2)c(=O)n1CC(=O)NCCON=C(N)N. The number of hydrogen-bond donors (Lipinski definition) is 4. The average Bonchev–Trinajstić information content (AvgIpc) is 2.72. The van der Waals surface area contributed by atoms with Gasteiger partial charge in [0.2, 0.25) is 11.9 Å². The van der Waals surface area contributed by atoms with Gasteiger partial charge in [0.25, 0.3) is 5.56 Å². The van der Waals surface area contributed by atoms with Crippen molar-refractivity contribution in [2.24, 2.45) is 16.6 Å². The van der Waals surface area contributed by atoms with Crippen LogP contribution in [-0.2, 0) is 27.5 Å². The molecule has 1 heterocycles. The van der Waals surface area contributed by atoms with Gasteiger partial charge in [0.1, 0.15) is 25.4 Å². The lowest BCUT2D eigenvalue weighted by atomic mass is 10.2. The molecule has 0 atom stereocenters. The van der Waals surface area contributed by atoms with Crippen molar-refractivity contribution < 1.29 is 19.2 Å². The number of carbonyl (C=O) groups excluding carboxylic acids is 2. The Morgan fingerprint density at radius 2 is 1.87 bits per heavy atom. The Morgan fingerprint density at radius 1 is 1.13 bits per heavy atom. The Hall–Kier alpha value is -4.02. The van der Waals surface area contributed by atoms with E-state index in [0.29, 0.717) is 5.69 Å².